The van der Waals surface area contributed by atoms with Crippen molar-refractivity contribution in [2.75, 3.05) is 7.11 Å². The number of methoxy groups -OCH3 is 1. The summed E-state index contributed by atoms with van der Waals surface area (Å²) in [6.45, 7) is 0. The zero-order valence-electron chi connectivity index (χ0n) is 11.2. The molecule has 1 aliphatic heterocycles. The van der Waals surface area contributed by atoms with Gasteiger partial charge in [0.1, 0.15) is 23.4 Å². The lowest BCUT2D eigenvalue weighted by Gasteiger charge is -2.27. The predicted molar refractivity (Wildman–Crippen MR) is 76.7 cm³/mol. The lowest BCUT2D eigenvalue weighted by molar-refractivity contribution is 0.0846. The Morgan fingerprint density at radius 3 is 2.90 bits per heavy atom. The van der Waals surface area contributed by atoms with E-state index in [0.717, 1.165) is 0 Å². The minimum atomic E-state index is -0.588. The largest absolute Gasteiger partial charge is 0.496 e. The first kappa shape index (κ1) is 13.9. The molecular formula is C16H12ClFO3. The molecule has 0 amide bonds. The Morgan fingerprint density at radius 1 is 1.33 bits per heavy atom. The van der Waals surface area contributed by atoms with Gasteiger partial charge in [-0.3, -0.25) is 4.79 Å². The molecule has 0 aromatic heterocycles. The molecule has 0 N–H and O–H groups in total. The third-order valence-electron chi connectivity index (χ3n) is 3.44. The number of benzene rings is 2. The summed E-state index contributed by atoms with van der Waals surface area (Å²) in [4.78, 5) is 12.2. The van der Waals surface area contributed by atoms with Gasteiger partial charge < -0.3 is 9.47 Å². The second-order valence-electron chi connectivity index (χ2n) is 4.73. The van der Waals surface area contributed by atoms with Crippen molar-refractivity contribution in [3.8, 4) is 11.5 Å². The first-order valence-electron chi connectivity index (χ1n) is 6.42. The maximum atomic E-state index is 13.3. The summed E-state index contributed by atoms with van der Waals surface area (Å²) in [6, 6.07) is 9.10. The van der Waals surface area contributed by atoms with Gasteiger partial charge in [-0.25, -0.2) is 4.39 Å². The summed E-state index contributed by atoms with van der Waals surface area (Å²) >= 11 is 6.20. The molecule has 0 bridgehead atoms. The molecule has 2 aromatic carbocycles. The Morgan fingerprint density at radius 2 is 2.14 bits per heavy atom. The van der Waals surface area contributed by atoms with Crippen molar-refractivity contribution < 1.29 is 18.7 Å². The highest BCUT2D eigenvalue weighted by Gasteiger charge is 2.31. The highest BCUT2D eigenvalue weighted by molar-refractivity contribution is 6.31. The average Bonchev–Trinajstić information content (AvgIpc) is 2.46. The first-order chi connectivity index (χ1) is 10.1. The molecule has 5 heteroatoms. The molecule has 2 aromatic rings. The number of ketones is 1. The molecular weight excluding hydrogens is 295 g/mol. The number of carbonyl (C=O) groups is 1. The van der Waals surface area contributed by atoms with Crippen LogP contribution >= 0.6 is 11.6 Å². The lowest BCUT2D eigenvalue weighted by Crippen LogP contribution is -2.21. The standard InChI is InChI=1S/C16H12ClFO3/c1-20-13-4-2-3-11(17)16(13)15-8-12(19)10-6-5-9(18)7-14(10)21-15/h2-7,15H,8H2,1H3. The molecule has 1 heterocycles. The number of hydrogen-bond acceptors (Lipinski definition) is 3. The number of ether oxygens (including phenoxy) is 2. The maximum Gasteiger partial charge on any atom is 0.170 e. The van der Waals surface area contributed by atoms with Gasteiger partial charge in [-0.15, -0.1) is 0 Å². The van der Waals surface area contributed by atoms with Gasteiger partial charge in [-0.2, -0.15) is 0 Å². The van der Waals surface area contributed by atoms with Crippen molar-refractivity contribution in [1.29, 1.82) is 0 Å². The van der Waals surface area contributed by atoms with Crippen molar-refractivity contribution in [1.82, 2.24) is 0 Å². The van der Waals surface area contributed by atoms with E-state index in [4.69, 9.17) is 21.1 Å². The van der Waals surface area contributed by atoms with E-state index in [1.165, 1.54) is 25.3 Å². The van der Waals surface area contributed by atoms with E-state index in [1.54, 1.807) is 18.2 Å². The normalized spacial score (nSPS) is 17.1. The van der Waals surface area contributed by atoms with Gasteiger partial charge in [0, 0.05) is 6.07 Å². The summed E-state index contributed by atoms with van der Waals surface area (Å²) in [5.74, 6) is 0.218. The van der Waals surface area contributed by atoms with Crippen LogP contribution in [0.4, 0.5) is 4.39 Å². The fourth-order valence-corrected chi connectivity index (χ4v) is 2.75. The number of fused-ring (bicyclic) bond motifs is 1. The van der Waals surface area contributed by atoms with Gasteiger partial charge in [0.15, 0.2) is 5.78 Å². The van der Waals surface area contributed by atoms with Crippen LogP contribution in [-0.4, -0.2) is 12.9 Å². The van der Waals surface area contributed by atoms with Crippen LogP contribution in [0.5, 0.6) is 11.5 Å². The van der Waals surface area contributed by atoms with E-state index in [9.17, 15) is 9.18 Å². The van der Waals surface area contributed by atoms with E-state index >= 15 is 0 Å². The smallest absolute Gasteiger partial charge is 0.170 e. The molecule has 1 unspecified atom stereocenters. The van der Waals surface area contributed by atoms with Crippen molar-refractivity contribution >= 4 is 17.4 Å². The van der Waals surface area contributed by atoms with Crippen LogP contribution in [0.3, 0.4) is 0 Å². The summed E-state index contributed by atoms with van der Waals surface area (Å²) in [5.41, 5.74) is 0.989. The molecule has 1 atom stereocenters. The van der Waals surface area contributed by atoms with Gasteiger partial charge in [0.2, 0.25) is 0 Å². The van der Waals surface area contributed by atoms with E-state index in [-0.39, 0.29) is 18.0 Å². The van der Waals surface area contributed by atoms with E-state index in [2.05, 4.69) is 0 Å². The summed E-state index contributed by atoms with van der Waals surface area (Å²) in [6.07, 6.45) is -0.450. The van der Waals surface area contributed by atoms with Gasteiger partial charge in [-0.05, 0) is 24.3 Å². The maximum absolute atomic E-state index is 13.3. The second kappa shape index (κ2) is 5.37. The van der Waals surface area contributed by atoms with Crippen LogP contribution < -0.4 is 9.47 Å². The Bertz CT molecular complexity index is 715. The number of Topliss-reactive ketones (excluding diaryl/α,β-unsaturated/α-hetero) is 1. The van der Waals surface area contributed by atoms with Gasteiger partial charge in [0.25, 0.3) is 0 Å². The van der Waals surface area contributed by atoms with Crippen molar-refractivity contribution in [3.05, 3.63) is 58.4 Å². The quantitative estimate of drug-likeness (QED) is 0.834. The molecule has 0 aliphatic carbocycles. The second-order valence-corrected chi connectivity index (χ2v) is 5.14. The molecule has 0 saturated carbocycles. The summed E-state index contributed by atoms with van der Waals surface area (Å²) in [7, 11) is 1.52. The molecule has 21 heavy (non-hydrogen) atoms. The highest BCUT2D eigenvalue weighted by Crippen LogP contribution is 2.41. The third kappa shape index (κ3) is 2.47. The predicted octanol–water partition coefficient (Wildman–Crippen LogP) is 4.19. The van der Waals surface area contributed by atoms with Gasteiger partial charge in [-0.1, -0.05) is 17.7 Å². The molecule has 0 fully saturated rings. The molecule has 0 radical (unpaired) electrons. The van der Waals surface area contributed by atoms with Crippen LogP contribution in [-0.2, 0) is 0 Å². The molecule has 1 aliphatic rings. The summed E-state index contributed by atoms with van der Waals surface area (Å²) in [5, 5.41) is 0.451. The van der Waals surface area contributed by atoms with E-state index in [0.29, 0.717) is 21.9 Å². The van der Waals surface area contributed by atoms with Crippen LogP contribution in [0.25, 0.3) is 0 Å². The number of halogens is 2. The zero-order valence-corrected chi connectivity index (χ0v) is 12.0. The zero-order chi connectivity index (χ0) is 15.0. The molecule has 0 spiro atoms. The van der Waals surface area contributed by atoms with Gasteiger partial charge >= 0.3 is 0 Å². The lowest BCUT2D eigenvalue weighted by atomic mass is 9.95. The van der Waals surface area contributed by atoms with Crippen LogP contribution in [0.15, 0.2) is 36.4 Å². The van der Waals surface area contributed by atoms with Crippen molar-refractivity contribution in [2.24, 2.45) is 0 Å². The Hall–Kier alpha value is -2.07. The fraction of sp³-hybridized carbons (Fsp3) is 0.188. The monoisotopic (exact) mass is 306 g/mol. The van der Waals surface area contributed by atoms with E-state index < -0.39 is 11.9 Å². The number of rotatable bonds is 2. The minimum absolute atomic E-state index is 0.108. The first-order valence-corrected chi connectivity index (χ1v) is 6.79. The third-order valence-corrected chi connectivity index (χ3v) is 3.77. The van der Waals surface area contributed by atoms with Crippen LogP contribution in [0.2, 0.25) is 5.02 Å². The topological polar surface area (TPSA) is 35.5 Å². The van der Waals surface area contributed by atoms with E-state index in [1.807, 2.05) is 0 Å². The molecule has 3 rings (SSSR count). The van der Waals surface area contributed by atoms with Crippen LogP contribution in [0, 0.1) is 5.82 Å². The average molecular weight is 307 g/mol. The minimum Gasteiger partial charge on any atom is -0.496 e. The summed E-state index contributed by atoms with van der Waals surface area (Å²) < 4.78 is 24.4. The van der Waals surface area contributed by atoms with Gasteiger partial charge in [0.05, 0.1) is 29.7 Å². The Kier molecular flexibility index (Phi) is 3.55. The number of carbonyl (C=O) groups excluding carboxylic acids is 1. The van der Waals surface area contributed by atoms with Crippen molar-refractivity contribution in [2.45, 2.75) is 12.5 Å². The Balaban J connectivity index is 2.05. The SMILES string of the molecule is COc1cccc(Cl)c1C1CC(=O)c2ccc(F)cc2O1. The Labute approximate surface area is 126 Å². The van der Waals surface area contributed by atoms with Crippen LogP contribution in [0.1, 0.15) is 28.4 Å². The highest BCUT2D eigenvalue weighted by atomic mass is 35.5. The molecule has 0 saturated heterocycles. The number of hydrogen-bond donors (Lipinski definition) is 0. The molecule has 3 nitrogen and oxygen atoms in total. The molecule has 108 valence electrons. The van der Waals surface area contributed by atoms with Crippen molar-refractivity contribution in [3.63, 3.8) is 0 Å². The fourth-order valence-electron chi connectivity index (χ4n) is 2.47.